The van der Waals surface area contributed by atoms with E-state index in [0.717, 1.165) is 5.56 Å². The Balaban J connectivity index is 2.19. The molecule has 0 spiro atoms. The van der Waals surface area contributed by atoms with Gasteiger partial charge in [-0.1, -0.05) is 12.2 Å². The Kier molecular flexibility index (Phi) is 5.62. The molecule has 0 aliphatic heterocycles. The average Bonchev–Trinajstić information content (AvgIpc) is 3.07. The van der Waals surface area contributed by atoms with Crippen LogP contribution in [0.25, 0.3) is 0 Å². The van der Waals surface area contributed by atoms with Crippen LogP contribution in [0.4, 0.5) is 0 Å². The van der Waals surface area contributed by atoms with Crippen molar-refractivity contribution in [3.05, 3.63) is 35.9 Å². The number of hydrogen-bond acceptors (Lipinski definition) is 4. The maximum Gasteiger partial charge on any atom is 0.323 e. The molecule has 0 bridgehead atoms. The molecule has 0 atom stereocenters. The summed E-state index contributed by atoms with van der Waals surface area (Å²) in [6, 6.07) is 5.28. The van der Waals surface area contributed by atoms with Gasteiger partial charge in [0.25, 0.3) is 0 Å². The van der Waals surface area contributed by atoms with Crippen LogP contribution in [-0.2, 0) is 16.1 Å². The normalized spacial score (nSPS) is 13.8. The molecule has 0 heterocycles. The molecule has 0 fully saturated rings. The molecule has 0 saturated heterocycles. The van der Waals surface area contributed by atoms with Crippen molar-refractivity contribution in [1.29, 1.82) is 0 Å². The average molecular weight is 319 g/mol. The standard InChI is InChI=1S/C17H21NO5/c1-22-14-7-12(8-15(9-14)23-2)10-18(11-16(19)20)17(21)13-5-3-4-6-13/h3-4,7-9,13H,5-6,10-11H2,1-2H3,(H,19,20). The van der Waals surface area contributed by atoms with Gasteiger partial charge < -0.3 is 19.5 Å². The van der Waals surface area contributed by atoms with E-state index in [1.54, 1.807) is 32.4 Å². The number of ether oxygens (including phenoxy) is 2. The number of methoxy groups -OCH3 is 2. The summed E-state index contributed by atoms with van der Waals surface area (Å²) in [7, 11) is 3.09. The Bertz CT molecular complexity index is 581. The van der Waals surface area contributed by atoms with Gasteiger partial charge in [-0.25, -0.2) is 0 Å². The highest BCUT2D eigenvalue weighted by atomic mass is 16.5. The van der Waals surface area contributed by atoms with Crippen molar-refractivity contribution in [3.63, 3.8) is 0 Å². The fourth-order valence-electron chi connectivity index (χ4n) is 2.63. The number of benzene rings is 1. The monoisotopic (exact) mass is 319 g/mol. The van der Waals surface area contributed by atoms with Crippen molar-refractivity contribution in [1.82, 2.24) is 4.90 Å². The smallest absolute Gasteiger partial charge is 0.323 e. The van der Waals surface area contributed by atoms with Crippen LogP contribution in [0.5, 0.6) is 11.5 Å². The number of carbonyl (C=O) groups is 2. The molecule has 2 rings (SSSR count). The van der Waals surface area contributed by atoms with Crippen molar-refractivity contribution in [2.75, 3.05) is 20.8 Å². The molecular weight excluding hydrogens is 298 g/mol. The summed E-state index contributed by atoms with van der Waals surface area (Å²) in [6.07, 6.45) is 5.24. The minimum atomic E-state index is -1.03. The van der Waals surface area contributed by atoms with Gasteiger partial charge in [0.05, 0.1) is 14.2 Å². The summed E-state index contributed by atoms with van der Waals surface area (Å²) in [5, 5.41) is 9.10. The van der Waals surface area contributed by atoms with Gasteiger partial charge in [-0.3, -0.25) is 9.59 Å². The van der Waals surface area contributed by atoms with E-state index in [1.165, 1.54) is 4.90 Å². The van der Waals surface area contributed by atoms with E-state index in [-0.39, 0.29) is 24.9 Å². The lowest BCUT2D eigenvalue weighted by Crippen LogP contribution is -2.38. The lowest BCUT2D eigenvalue weighted by Gasteiger charge is -2.24. The summed E-state index contributed by atoms with van der Waals surface area (Å²) in [5.41, 5.74) is 0.766. The first-order chi connectivity index (χ1) is 11.0. The molecule has 1 aromatic carbocycles. The Morgan fingerprint density at radius 2 is 1.70 bits per heavy atom. The number of carboxylic acid groups (broad SMARTS) is 1. The quantitative estimate of drug-likeness (QED) is 0.779. The van der Waals surface area contributed by atoms with Crippen molar-refractivity contribution >= 4 is 11.9 Å². The van der Waals surface area contributed by atoms with Gasteiger partial charge in [0, 0.05) is 18.5 Å². The van der Waals surface area contributed by atoms with E-state index in [4.69, 9.17) is 14.6 Å². The van der Waals surface area contributed by atoms with Gasteiger partial charge in [-0.05, 0) is 30.5 Å². The third-order valence-corrected chi connectivity index (χ3v) is 3.78. The van der Waals surface area contributed by atoms with Gasteiger partial charge in [0.1, 0.15) is 18.0 Å². The lowest BCUT2D eigenvalue weighted by molar-refractivity contribution is -0.146. The summed E-state index contributed by atoms with van der Waals surface area (Å²) >= 11 is 0. The molecule has 6 heteroatoms. The molecule has 0 aromatic heterocycles. The molecule has 1 aliphatic rings. The van der Waals surface area contributed by atoms with Crippen LogP contribution in [0.1, 0.15) is 18.4 Å². The largest absolute Gasteiger partial charge is 0.497 e. The maximum absolute atomic E-state index is 12.6. The number of allylic oxidation sites excluding steroid dienone is 2. The van der Waals surface area contributed by atoms with Crippen LogP contribution >= 0.6 is 0 Å². The Labute approximate surface area is 135 Å². The van der Waals surface area contributed by atoms with Crippen LogP contribution in [0.3, 0.4) is 0 Å². The molecule has 1 aliphatic carbocycles. The number of hydrogen-bond donors (Lipinski definition) is 1. The van der Waals surface area contributed by atoms with Crippen LogP contribution in [0, 0.1) is 5.92 Å². The minimum absolute atomic E-state index is 0.140. The molecule has 1 aromatic rings. The van der Waals surface area contributed by atoms with Crippen LogP contribution in [0.2, 0.25) is 0 Å². The predicted molar refractivity (Wildman–Crippen MR) is 84.5 cm³/mol. The topological polar surface area (TPSA) is 76.1 Å². The predicted octanol–water partition coefficient (Wildman–Crippen LogP) is 2.08. The molecule has 0 radical (unpaired) electrons. The minimum Gasteiger partial charge on any atom is -0.497 e. The third-order valence-electron chi connectivity index (χ3n) is 3.78. The highest BCUT2D eigenvalue weighted by Gasteiger charge is 2.26. The van der Waals surface area contributed by atoms with Crippen molar-refractivity contribution in [2.24, 2.45) is 5.92 Å². The third kappa shape index (κ3) is 4.48. The molecular formula is C17H21NO5. The number of nitrogens with zero attached hydrogens (tertiary/aromatic N) is 1. The second-order valence-electron chi connectivity index (χ2n) is 5.45. The van der Waals surface area contributed by atoms with Gasteiger partial charge in [-0.2, -0.15) is 0 Å². The van der Waals surface area contributed by atoms with Gasteiger partial charge in [0.2, 0.25) is 5.91 Å². The Morgan fingerprint density at radius 3 is 2.17 bits per heavy atom. The van der Waals surface area contributed by atoms with Crippen LogP contribution < -0.4 is 9.47 Å². The summed E-state index contributed by atoms with van der Waals surface area (Å²) in [4.78, 5) is 25.0. The molecule has 6 nitrogen and oxygen atoms in total. The van der Waals surface area contributed by atoms with Crippen molar-refractivity contribution in [3.8, 4) is 11.5 Å². The SMILES string of the molecule is COc1cc(CN(CC(=O)O)C(=O)C2CC=CC2)cc(OC)c1. The summed E-state index contributed by atoms with van der Waals surface area (Å²) in [6.45, 7) is -0.121. The van der Waals surface area contributed by atoms with Gasteiger partial charge >= 0.3 is 5.97 Å². The lowest BCUT2D eigenvalue weighted by atomic mass is 10.0. The summed E-state index contributed by atoms with van der Waals surface area (Å²) < 4.78 is 10.4. The fourth-order valence-corrected chi connectivity index (χ4v) is 2.63. The molecule has 1 N–H and O–H groups in total. The summed E-state index contributed by atoms with van der Waals surface area (Å²) in [5.74, 6) is -0.130. The molecule has 0 unspecified atom stereocenters. The van der Waals surface area contributed by atoms with Crippen molar-refractivity contribution < 1.29 is 24.2 Å². The second kappa shape index (κ2) is 7.67. The number of carboxylic acids is 1. The molecule has 0 saturated carbocycles. The number of amides is 1. The van der Waals surface area contributed by atoms with E-state index in [1.807, 2.05) is 12.2 Å². The second-order valence-corrected chi connectivity index (χ2v) is 5.45. The van der Waals surface area contributed by atoms with Gasteiger partial charge in [0.15, 0.2) is 0 Å². The number of carbonyl (C=O) groups excluding carboxylic acids is 1. The first-order valence-electron chi connectivity index (χ1n) is 7.41. The maximum atomic E-state index is 12.6. The zero-order valence-electron chi connectivity index (χ0n) is 13.3. The first kappa shape index (κ1) is 16.9. The van der Waals surface area contributed by atoms with E-state index in [0.29, 0.717) is 24.3 Å². The van der Waals surface area contributed by atoms with E-state index < -0.39 is 5.97 Å². The highest BCUT2D eigenvalue weighted by Crippen LogP contribution is 2.25. The highest BCUT2D eigenvalue weighted by molar-refractivity contribution is 5.83. The zero-order chi connectivity index (χ0) is 16.8. The zero-order valence-corrected chi connectivity index (χ0v) is 13.3. The molecule has 1 amide bonds. The van der Waals surface area contributed by atoms with Crippen molar-refractivity contribution in [2.45, 2.75) is 19.4 Å². The molecule has 124 valence electrons. The number of aliphatic carboxylic acids is 1. The van der Waals surface area contributed by atoms with Crippen LogP contribution in [0.15, 0.2) is 30.4 Å². The Hall–Kier alpha value is -2.50. The van der Waals surface area contributed by atoms with E-state index >= 15 is 0 Å². The first-order valence-corrected chi connectivity index (χ1v) is 7.41. The van der Waals surface area contributed by atoms with E-state index in [9.17, 15) is 9.59 Å². The fraction of sp³-hybridized carbons (Fsp3) is 0.412. The number of rotatable bonds is 7. The Morgan fingerprint density at radius 1 is 1.13 bits per heavy atom. The van der Waals surface area contributed by atoms with E-state index in [2.05, 4.69) is 0 Å². The molecule has 23 heavy (non-hydrogen) atoms. The van der Waals surface area contributed by atoms with Crippen LogP contribution in [-0.4, -0.2) is 42.6 Å². The van der Waals surface area contributed by atoms with Gasteiger partial charge in [-0.15, -0.1) is 0 Å².